The zero-order valence-corrected chi connectivity index (χ0v) is 11.2. The monoisotopic (exact) mass is 312 g/mol. The Morgan fingerprint density at radius 2 is 1.90 bits per heavy atom. The van der Waals surface area contributed by atoms with Crippen LogP contribution in [-0.2, 0) is 6.18 Å². The number of rotatable bonds is 2. The average molecular weight is 313 g/mol. The van der Waals surface area contributed by atoms with Crippen molar-refractivity contribution in [3.05, 3.63) is 52.5 Å². The van der Waals surface area contributed by atoms with Crippen LogP contribution in [0.25, 0.3) is 0 Å². The fourth-order valence-corrected chi connectivity index (χ4v) is 1.90. The van der Waals surface area contributed by atoms with Crippen LogP contribution >= 0.6 is 11.6 Å². The minimum absolute atomic E-state index is 0.0110. The molecule has 0 aliphatic heterocycles. The Bertz CT molecular complexity index is 723. The van der Waals surface area contributed by atoms with Crippen LogP contribution < -0.4 is 10.5 Å². The van der Waals surface area contributed by atoms with Gasteiger partial charge in [-0.25, -0.2) is 0 Å². The van der Waals surface area contributed by atoms with Gasteiger partial charge in [0.25, 0.3) is 0 Å². The minimum atomic E-state index is -4.59. The van der Waals surface area contributed by atoms with Crippen molar-refractivity contribution < 1.29 is 17.9 Å². The Hall–Kier alpha value is -2.39. The number of anilines is 1. The second-order valence-corrected chi connectivity index (χ2v) is 4.46. The van der Waals surface area contributed by atoms with Crippen molar-refractivity contribution in [3.63, 3.8) is 0 Å². The Morgan fingerprint density at radius 1 is 1.19 bits per heavy atom. The van der Waals surface area contributed by atoms with E-state index < -0.39 is 16.8 Å². The van der Waals surface area contributed by atoms with Gasteiger partial charge in [0.15, 0.2) is 5.75 Å². The summed E-state index contributed by atoms with van der Waals surface area (Å²) in [5, 5.41) is 8.16. The number of nitrogens with two attached hydrogens (primary N) is 1. The smallest absolute Gasteiger partial charge is 0.417 e. The Kier molecular flexibility index (Phi) is 3.96. The molecule has 2 aromatic rings. The van der Waals surface area contributed by atoms with Gasteiger partial charge in [0, 0.05) is 0 Å². The molecule has 0 heterocycles. The van der Waals surface area contributed by atoms with E-state index >= 15 is 0 Å². The van der Waals surface area contributed by atoms with E-state index in [0.29, 0.717) is 5.56 Å². The summed E-state index contributed by atoms with van der Waals surface area (Å²) in [6.45, 7) is 0. The van der Waals surface area contributed by atoms with Crippen LogP contribution in [0.4, 0.5) is 18.9 Å². The molecule has 0 spiro atoms. The van der Waals surface area contributed by atoms with Gasteiger partial charge in [-0.1, -0.05) is 17.7 Å². The Balaban J connectivity index is 2.38. The number of hydrogen-bond acceptors (Lipinski definition) is 3. The molecule has 0 radical (unpaired) electrons. The summed E-state index contributed by atoms with van der Waals surface area (Å²) in [4.78, 5) is 0. The summed E-state index contributed by atoms with van der Waals surface area (Å²) in [5.74, 6) is 0.264. The van der Waals surface area contributed by atoms with Crippen LogP contribution in [-0.4, -0.2) is 0 Å². The largest absolute Gasteiger partial charge is 0.455 e. The topological polar surface area (TPSA) is 59.0 Å². The molecule has 0 saturated heterocycles. The van der Waals surface area contributed by atoms with E-state index in [-0.39, 0.29) is 17.2 Å². The maximum absolute atomic E-state index is 12.7. The first kappa shape index (κ1) is 15.0. The molecular formula is C14H8ClF3N2O. The van der Waals surface area contributed by atoms with Crippen LogP contribution in [0.1, 0.15) is 11.1 Å². The van der Waals surface area contributed by atoms with E-state index in [0.717, 1.165) is 12.1 Å². The van der Waals surface area contributed by atoms with E-state index in [9.17, 15) is 13.2 Å². The number of nitriles is 1. The van der Waals surface area contributed by atoms with Gasteiger partial charge in [0.1, 0.15) is 5.75 Å². The van der Waals surface area contributed by atoms with Gasteiger partial charge in [-0.3, -0.25) is 0 Å². The Morgan fingerprint density at radius 3 is 2.52 bits per heavy atom. The molecule has 2 aromatic carbocycles. The quantitative estimate of drug-likeness (QED) is 0.824. The summed E-state index contributed by atoms with van der Waals surface area (Å²) in [6, 6.07) is 9.93. The van der Waals surface area contributed by atoms with E-state index in [1.165, 1.54) is 6.07 Å². The van der Waals surface area contributed by atoms with Crippen molar-refractivity contribution in [3.8, 4) is 17.6 Å². The molecule has 21 heavy (non-hydrogen) atoms. The van der Waals surface area contributed by atoms with Crippen molar-refractivity contribution in [2.24, 2.45) is 0 Å². The third-order valence-electron chi connectivity index (χ3n) is 2.64. The van der Waals surface area contributed by atoms with Gasteiger partial charge in [-0.2, -0.15) is 18.4 Å². The van der Waals surface area contributed by atoms with Crippen LogP contribution in [0.2, 0.25) is 5.02 Å². The molecule has 2 N–H and O–H groups in total. The third-order valence-corrected chi connectivity index (χ3v) is 3.04. The van der Waals surface area contributed by atoms with Crippen molar-refractivity contribution >= 4 is 17.3 Å². The fourth-order valence-electron chi connectivity index (χ4n) is 1.64. The SMILES string of the molecule is N#Cc1cccc(Oc2ccc(C(F)(F)F)c(Cl)c2N)c1. The number of halogens is 4. The second kappa shape index (κ2) is 5.54. The summed E-state index contributed by atoms with van der Waals surface area (Å²) in [6.07, 6.45) is -4.59. The first-order valence-corrected chi connectivity index (χ1v) is 6.04. The molecule has 0 bridgehead atoms. The lowest BCUT2D eigenvalue weighted by atomic mass is 10.1. The molecular weight excluding hydrogens is 305 g/mol. The van der Waals surface area contributed by atoms with Crippen molar-refractivity contribution in [1.82, 2.24) is 0 Å². The number of benzene rings is 2. The van der Waals surface area contributed by atoms with E-state index in [4.69, 9.17) is 27.3 Å². The van der Waals surface area contributed by atoms with Crippen molar-refractivity contribution in [2.45, 2.75) is 6.18 Å². The Labute approximate surface area is 123 Å². The van der Waals surface area contributed by atoms with Crippen LogP contribution in [0.5, 0.6) is 11.5 Å². The standard InChI is InChI=1S/C14H8ClF3N2O/c15-12-10(14(16,17)18)4-5-11(13(12)20)21-9-3-1-2-8(6-9)7-19/h1-6H,20H2. The molecule has 2 rings (SSSR count). The second-order valence-electron chi connectivity index (χ2n) is 4.08. The molecule has 0 fully saturated rings. The predicted octanol–water partition coefficient (Wildman–Crippen LogP) is 4.60. The predicted molar refractivity (Wildman–Crippen MR) is 72.1 cm³/mol. The number of hydrogen-bond donors (Lipinski definition) is 1. The number of nitrogen functional groups attached to an aromatic ring is 1. The highest BCUT2D eigenvalue weighted by molar-refractivity contribution is 6.34. The molecule has 7 heteroatoms. The number of nitrogens with zero attached hydrogens (tertiary/aromatic N) is 1. The summed E-state index contributed by atoms with van der Waals surface area (Å²) < 4.78 is 43.4. The van der Waals surface area contributed by atoms with Crippen LogP contribution in [0, 0.1) is 11.3 Å². The van der Waals surface area contributed by atoms with E-state index in [1.807, 2.05) is 6.07 Å². The average Bonchev–Trinajstić information content (AvgIpc) is 2.43. The fraction of sp³-hybridized carbons (Fsp3) is 0.0714. The summed E-state index contributed by atoms with van der Waals surface area (Å²) >= 11 is 5.63. The summed E-state index contributed by atoms with van der Waals surface area (Å²) in [5.41, 5.74) is 4.59. The van der Waals surface area contributed by atoms with Gasteiger partial charge >= 0.3 is 6.18 Å². The molecule has 108 valence electrons. The van der Waals surface area contributed by atoms with Crippen molar-refractivity contribution in [1.29, 1.82) is 5.26 Å². The lowest BCUT2D eigenvalue weighted by Gasteiger charge is -2.14. The first-order chi connectivity index (χ1) is 9.82. The molecule has 0 unspecified atom stereocenters. The molecule has 0 atom stereocenters. The minimum Gasteiger partial charge on any atom is -0.455 e. The highest BCUT2D eigenvalue weighted by Gasteiger charge is 2.34. The molecule has 0 aromatic heterocycles. The molecule has 3 nitrogen and oxygen atoms in total. The van der Waals surface area contributed by atoms with Crippen LogP contribution in [0.3, 0.4) is 0 Å². The van der Waals surface area contributed by atoms with Crippen molar-refractivity contribution in [2.75, 3.05) is 5.73 Å². The molecule has 0 saturated carbocycles. The highest BCUT2D eigenvalue weighted by Crippen LogP contribution is 2.42. The maximum Gasteiger partial charge on any atom is 0.417 e. The molecule has 0 amide bonds. The van der Waals surface area contributed by atoms with Gasteiger partial charge in [-0.15, -0.1) is 0 Å². The summed E-state index contributed by atoms with van der Waals surface area (Å²) in [7, 11) is 0. The molecule has 0 aliphatic rings. The zero-order valence-electron chi connectivity index (χ0n) is 10.4. The zero-order chi connectivity index (χ0) is 15.6. The first-order valence-electron chi connectivity index (χ1n) is 5.66. The maximum atomic E-state index is 12.7. The lowest BCUT2D eigenvalue weighted by Crippen LogP contribution is -2.07. The van der Waals surface area contributed by atoms with Gasteiger partial charge in [0.2, 0.25) is 0 Å². The van der Waals surface area contributed by atoms with E-state index in [1.54, 1.807) is 18.2 Å². The molecule has 0 aliphatic carbocycles. The highest BCUT2D eigenvalue weighted by atomic mass is 35.5. The van der Waals surface area contributed by atoms with Gasteiger partial charge in [-0.05, 0) is 30.3 Å². The van der Waals surface area contributed by atoms with Crippen LogP contribution in [0.15, 0.2) is 36.4 Å². The van der Waals surface area contributed by atoms with E-state index in [2.05, 4.69) is 0 Å². The normalized spacial score (nSPS) is 11.0. The third kappa shape index (κ3) is 3.20. The van der Waals surface area contributed by atoms with Gasteiger partial charge < -0.3 is 10.5 Å². The lowest BCUT2D eigenvalue weighted by molar-refractivity contribution is -0.137. The number of ether oxygens (including phenoxy) is 1. The number of alkyl halides is 3. The van der Waals surface area contributed by atoms with Gasteiger partial charge in [0.05, 0.1) is 27.9 Å².